The largest absolute Gasteiger partial charge is 0.290 e. The van der Waals surface area contributed by atoms with E-state index >= 15 is 0 Å². The summed E-state index contributed by atoms with van der Waals surface area (Å²) < 4.78 is 1.73. The van der Waals surface area contributed by atoms with Gasteiger partial charge in [-0.3, -0.25) is 4.99 Å². The van der Waals surface area contributed by atoms with E-state index in [2.05, 4.69) is 15.1 Å². The van der Waals surface area contributed by atoms with Crippen LogP contribution in [0.1, 0.15) is 5.56 Å². The van der Waals surface area contributed by atoms with Crippen molar-refractivity contribution in [2.45, 2.75) is 6.54 Å². The summed E-state index contributed by atoms with van der Waals surface area (Å²) >= 11 is 5.83. The Labute approximate surface area is 98.6 Å². The summed E-state index contributed by atoms with van der Waals surface area (Å²) in [6.45, 7) is 0.609. The maximum absolute atomic E-state index is 5.83. The van der Waals surface area contributed by atoms with E-state index in [0.717, 1.165) is 16.3 Å². The topological polar surface area (TPSA) is 43.1 Å². The zero-order chi connectivity index (χ0) is 11.4. The third kappa shape index (κ3) is 2.46. The van der Waals surface area contributed by atoms with Crippen LogP contribution in [0.15, 0.2) is 41.9 Å². The van der Waals surface area contributed by atoms with Crippen molar-refractivity contribution in [1.82, 2.24) is 14.8 Å². The van der Waals surface area contributed by atoms with Crippen LogP contribution in [0.25, 0.3) is 0 Å². The molecule has 0 spiro atoms. The molecule has 2 aromatic rings. The molecule has 0 saturated carbocycles. The van der Waals surface area contributed by atoms with Gasteiger partial charge in [0, 0.05) is 12.1 Å². The first kappa shape index (κ1) is 10.8. The van der Waals surface area contributed by atoms with E-state index in [1.165, 1.54) is 6.33 Å². The molecule has 0 atom stereocenters. The number of halogens is 1. The highest BCUT2D eigenvalue weighted by atomic mass is 35.5. The fourth-order valence-corrected chi connectivity index (χ4v) is 1.53. The van der Waals surface area contributed by atoms with Gasteiger partial charge in [0.05, 0.1) is 12.3 Å². The Morgan fingerprint density at radius 1 is 1.38 bits per heavy atom. The van der Waals surface area contributed by atoms with Crippen molar-refractivity contribution in [3.05, 3.63) is 47.5 Å². The molecule has 1 aromatic carbocycles. The second-order valence-electron chi connectivity index (χ2n) is 3.27. The van der Waals surface area contributed by atoms with Gasteiger partial charge < -0.3 is 0 Å². The quantitative estimate of drug-likeness (QED) is 0.763. The van der Waals surface area contributed by atoms with Crippen molar-refractivity contribution in [3.8, 4) is 0 Å². The molecule has 4 nitrogen and oxygen atoms in total. The lowest BCUT2D eigenvalue weighted by Crippen LogP contribution is -2.12. The first-order valence-corrected chi connectivity index (χ1v) is 5.21. The maximum atomic E-state index is 5.83. The van der Waals surface area contributed by atoms with Gasteiger partial charge in [-0.2, -0.15) is 5.10 Å². The first-order valence-electron chi connectivity index (χ1n) is 4.83. The molecule has 0 fully saturated rings. The minimum absolute atomic E-state index is 0.609. The highest BCUT2D eigenvalue weighted by Crippen LogP contribution is 2.11. The number of hydrogen-bond acceptors (Lipinski definition) is 3. The van der Waals surface area contributed by atoms with E-state index in [-0.39, 0.29) is 0 Å². The molecular weight excluding hydrogens is 224 g/mol. The molecule has 0 N–H and O–H groups in total. The molecule has 0 radical (unpaired) electrons. The van der Waals surface area contributed by atoms with Crippen LogP contribution in [0.2, 0.25) is 5.02 Å². The summed E-state index contributed by atoms with van der Waals surface area (Å²) in [6, 6.07) is 7.59. The molecule has 82 valence electrons. The number of benzene rings is 1. The second-order valence-corrected chi connectivity index (χ2v) is 3.71. The Hall–Kier alpha value is -1.68. The normalized spacial score (nSPS) is 11.8. The van der Waals surface area contributed by atoms with Crippen molar-refractivity contribution >= 4 is 17.3 Å². The van der Waals surface area contributed by atoms with Gasteiger partial charge in [0.1, 0.15) is 12.7 Å². The molecule has 2 rings (SSSR count). The van der Waals surface area contributed by atoms with Gasteiger partial charge in [0.15, 0.2) is 0 Å². The lowest BCUT2D eigenvalue weighted by Gasteiger charge is -2.05. The van der Waals surface area contributed by atoms with E-state index < -0.39 is 0 Å². The molecule has 0 aliphatic carbocycles. The monoisotopic (exact) mass is 234 g/mol. The van der Waals surface area contributed by atoms with Crippen molar-refractivity contribution < 1.29 is 0 Å². The lowest BCUT2D eigenvalue weighted by atomic mass is 10.1. The van der Waals surface area contributed by atoms with E-state index in [1.807, 2.05) is 24.3 Å². The second kappa shape index (κ2) is 4.90. The highest BCUT2D eigenvalue weighted by molar-refractivity contribution is 6.30. The van der Waals surface area contributed by atoms with Crippen molar-refractivity contribution in [2.75, 3.05) is 7.05 Å². The molecule has 16 heavy (non-hydrogen) atoms. The molecule has 0 amide bonds. The molecule has 0 unspecified atom stereocenters. The van der Waals surface area contributed by atoms with Gasteiger partial charge in [-0.15, -0.1) is 0 Å². The summed E-state index contributed by atoms with van der Waals surface area (Å²) in [4.78, 5) is 8.14. The predicted molar refractivity (Wildman–Crippen MR) is 63.9 cm³/mol. The molecule has 0 saturated heterocycles. The Kier molecular flexibility index (Phi) is 3.31. The summed E-state index contributed by atoms with van der Waals surface area (Å²) in [7, 11) is 1.76. The number of aromatic nitrogens is 3. The third-order valence-electron chi connectivity index (χ3n) is 2.23. The number of nitrogens with zero attached hydrogens (tertiary/aromatic N) is 4. The van der Waals surface area contributed by atoms with E-state index in [1.54, 1.807) is 18.1 Å². The van der Waals surface area contributed by atoms with Crippen molar-refractivity contribution in [1.29, 1.82) is 0 Å². The average molecular weight is 235 g/mol. The number of aliphatic imine (C=N–C) groups is 1. The molecule has 1 heterocycles. The lowest BCUT2D eigenvalue weighted by molar-refractivity contribution is 0.721. The van der Waals surface area contributed by atoms with Gasteiger partial charge in [0.25, 0.3) is 0 Å². The Bertz CT molecular complexity index is 473. The van der Waals surface area contributed by atoms with E-state index in [4.69, 9.17) is 11.6 Å². The average Bonchev–Trinajstić information content (AvgIpc) is 2.80. The summed E-state index contributed by atoms with van der Waals surface area (Å²) in [6.07, 6.45) is 3.18. The SMILES string of the molecule is C/N=C(\Cn1cncn1)c1ccc(Cl)cc1. The van der Waals surface area contributed by atoms with Crippen molar-refractivity contribution in [2.24, 2.45) is 4.99 Å². The molecule has 0 aliphatic heterocycles. The van der Waals surface area contributed by atoms with Crippen LogP contribution < -0.4 is 0 Å². The van der Waals surface area contributed by atoms with Crippen LogP contribution in [0.4, 0.5) is 0 Å². The molecule has 0 bridgehead atoms. The van der Waals surface area contributed by atoms with Crippen LogP contribution in [-0.2, 0) is 6.54 Å². The summed E-state index contributed by atoms with van der Waals surface area (Å²) in [5.41, 5.74) is 1.99. The standard InChI is InChI=1S/C11H11ClN4/c1-13-11(6-16-8-14-7-15-16)9-2-4-10(12)5-3-9/h2-5,7-8H,6H2,1H3/b13-11+. The smallest absolute Gasteiger partial charge is 0.137 e. The van der Waals surface area contributed by atoms with Crippen LogP contribution >= 0.6 is 11.6 Å². The van der Waals surface area contributed by atoms with Crippen LogP contribution in [0, 0.1) is 0 Å². The minimum atomic E-state index is 0.609. The zero-order valence-corrected chi connectivity index (χ0v) is 9.59. The predicted octanol–water partition coefficient (Wildman–Crippen LogP) is 2.05. The minimum Gasteiger partial charge on any atom is -0.290 e. The fraction of sp³-hybridized carbons (Fsp3) is 0.182. The fourth-order valence-electron chi connectivity index (χ4n) is 1.40. The first-order chi connectivity index (χ1) is 7.79. The van der Waals surface area contributed by atoms with Crippen LogP contribution in [-0.4, -0.2) is 27.5 Å². The van der Waals surface area contributed by atoms with E-state index in [9.17, 15) is 0 Å². The van der Waals surface area contributed by atoms with Crippen LogP contribution in [0.3, 0.4) is 0 Å². The van der Waals surface area contributed by atoms with Gasteiger partial charge in [-0.1, -0.05) is 23.7 Å². The molecule has 0 aliphatic rings. The molecular formula is C11H11ClN4. The third-order valence-corrected chi connectivity index (χ3v) is 2.48. The Morgan fingerprint density at radius 2 is 2.12 bits per heavy atom. The van der Waals surface area contributed by atoms with Crippen molar-refractivity contribution in [3.63, 3.8) is 0 Å². The molecule has 5 heteroatoms. The zero-order valence-electron chi connectivity index (χ0n) is 8.84. The summed E-state index contributed by atoms with van der Waals surface area (Å²) in [5, 5.41) is 4.77. The summed E-state index contributed by atoms with van der Waals surface area (Å²) in [5.74, 6) is 0. The Balaban J connectivity index is 2.20. The number of hydrogen-bond donors (Lipinski definition) is 0. The van der Waals surface area contributed by atoms with Gasteiger partial charge >= 0.3 is 0 Å². The van der Waals surface area contributed by atoms with Gasteiger partial charge in [0.2, 0.25) is 0 Å². The maximum Gasteiger partial charge on any atom is 0.137 e. The Morgan fingerprint density at radius 3 is 2.69 bits per heavy atom. The van der Waals surface area contributed by atoms with E-state index in [0.29, 0.717) is 6.54 Å². The highest BCUT2D eigenvalue weighted by Gasteiger charge is 2.04. The van der Waals surface area contributed by atoms with Gasteiger partial charge in [-0.25, -0.2) is 9.67 Å². The van der Waals surface area contributed by atoms with Crippen LogP contribution in [0.5, 0.6) is 0 Å². The molecule has 1 aromatic heterocycles. The number of rotatable bonds is 3. The van der Waals surface area contributed by atoms with Gasteiger partial charge in [-0.05, 0) is 17.7 Å².